The number of nitrogens with zero attached hydrogens (tertiary/aromatic N) is 3. The van der Waals surface area contributed by atoms with E-state index in [1.807, 2.05) is 23.5 Å². The minimum atomic E-state index is 0.316. The number of aromatic nitrogens is 1. The Balaban J connectivity index is 2.02. The van der Waals surface area contributed by atoms with Crippen LogP contribution in [0.1, 0.15) is 29.1 Å². The van der Waals surface area contributed by atoms with Crippen LogP contribution in [-0.4, -0.2) is 11.5 Å². The van der Waals surface area contributed by atoms with Gasteiger partial charge < -0.3 is 4.90 Å². The number of nitriles is 1. The Labute approximate surface area is 110 Å². The molecule has 0 aromatic carbocycles. The van der Waals surface area contributed by atoms with Gasteiger partial charge in [0.25, 0.3) is 0 Å². The van der Waals surface area contributed by atoms with Gasteiger partial charge in [-0.25, -0.2) is 4.98 Å². The minimum Gasteiger partial charge on any atom is -0.362 e. The average Bonchev–Trinajstić information content (AvgIpc) is 2.88. The minimum absolute atomic E-state index is 0.316. The number of pyridine rings is 1. The molecular formula is C14H13N3S. The van der Waals surface area contributed by atoms with E-state index in [9.17, 15) is 0 Å². The zero-order chi connectivity index (χ0) is 12.5. The second-order valence-corrected chi connectivity index (χ2v) is 5.40. The van der Waals surface area contributed by atoms with Gasteiger partial charge in [-0.1, -0.05) is 0 Å². The van der Waals surface area contributed by atoms with Crippen molar-refractivity contribution >= 4 is 17.0 Å². The van der Waals surface area contributed by atoms with E-state index in [1.54, 1.807) is 6.20 Å². The first kappa shape index (κ1) is 11.2. The Kier molecular flexibility index (Phi) is 2.77. The number of anilines is 1. The maximum atomic E-state index is 9.15. The van der Waals surface area contributed by atoms with Gasteiger partial charge in [0.2, 0.25) is 0 Å². The average molecular weight is 255 g/mol. The van der Waals surface area contributed by atoms with E-state index in [0.717, 1.165) is 18.7 Å². The summed E-state index contributed by atoms with van der Waals surface area (Å²) in [6, 6.07) is 8.57. The summed E-state index contributed by atoms with van der Waals surface area (Å²) in [5.74, 6) is 0. The third-order valence-electron chi connectivity index (χ3n) is 3.48. The van der Waals surface area contributed by atoms with Gasteiger partial charge >= 0.3 is 0 Å². The van der Waals surface area contributed by atoms with Crippen molar-refractivity contribution in [2.24, 2.45) is 0 Å². The lowest BCUT2D eigenvalue weighted by Crippen LogP contribution is -2.33. The number of fused-ring (bicyclic) bond motifs is 1. The number of hydrogen-bond acceptors (Lipinski definition) is 4. The topological polar surface area (TPSA) is 39.9 Å². The van der Waals surface area contributed by atoms with Crippen molar-refractivity contribution in [2.75, 3.05) is 11.4 Å². The van der Waals surface area contributed by atoms with Crippen molar-refractivity contribution in [3.63, 3.8) is 0 Å². The van der Waals surface area contributed by atoms with E-state index in [1.165, 1.54) is 10.4 Å². The van der Waals surface area contributed by atoms with Crippen LogP contribution in [0.25, 0.3) is 0 Å². The second-order valence-electron chi connectivity index (χ2n) is 4.40. The first-order valence-corrected chi connectivity index (χ1v) is 6.87. The van der Waals surface area contributed by atoms with E-state index in [2.05, 4.69) is 34.3 Å². The van der Waals surface area contributed by atoms with E-state index in [0.29, 0.717) is 11.7 Å². The van der Waals surface area contributed by atoms with Crippen molar-refractivity contribution in [3.8, 4) is 6.07 Å². The summed E-state index contributed by atoms with van der Waals surface area (Å²) in [4.78, 5) is 7.90. The fourth-order valence-electron chi connectivity index (χ4n) is 2.55. The van der Waals surface area contributed by atoms with Crippen LogP contribution in [0.5, 0.6) is 0 Å². The molecule has 0 radical (unpaired) electrons. The predicted octanol–water partition coefficient (Wildman–Crippen LogP) is 3.14. The SMILES string of the molecule is CC1c2ccsc2CCN1c1cccnc1C#N. The molecule has 0 spiro atoms. The molecule has 90 valence electrons. The Morgan fingerprint density at radius 2 is 2.39 bits per heavy atom. The second kappa shape index (κ2) is 4.43. The highest BCUT2D eigenvalue weighted by molar-refractivity contribution is 7.10. The van der Waals surface area contributed by atoms with Crippen LogP contribution in [0.3, 0.4) is 0 Å². The molecule has 0 amide bonds. The highest BCUT2D eigenvalue weighted by atomic mass is 32.1. The molecule has 0 aliphatic carbocycles. The zero-order valence-electron chi connectivity index (χ0n) is 10.1. The molecule has 1 aliphatic rings. The summed E-state index contributed by atoms with van der Waals surface area (Å²) in [5, 5.41) is 11.3. The van der Waals surface area contributed by atoms with Gasteiger partial charge in [0.15, 0.2) is 5.69 Å². The van der Waals surface area contributed by atoms with Gasteiger partial charge in [0.05, 0.1) is 11.7 Å². The number of thiophene rings is 1. The third-order valence-corrected chi connectivity index (χ3v) is 4.48. The Morgan fingerprint density at radius 3 is 3.22 bits per heavy atom. The highest BCUT2D eigenvalue weighted by Crippen LogP contribution is 2.36. The van der Waals surface area contributed by atoms with Crippen LogP contribution >= 0.6 is 11.3 Å². The summed E-state index contributed by atoms with van der Waals surface area (Å²) in [6.45, 7) is 3.15. The standard InChI is InChI=1S/C14H13N3S/c1-10-11-5-8-18-14(11)4-7-17(10)13-3-2-6-16-12(13)9-15/h2-3,5-6,8,10H,4,7H2,1H3. The molecule has 3 rings (SSSR count). The van der Waals surface area contributed by atoms with Gasteiger partial charge in [0.1, 0.15) is 6.07 Å². The maximum Gasteiger partial charge on any atom is 0.163 e. The molecule has 0 fully saturated rings. The Hall–Kier alpha value is -1.86. The van der Waals surface area contributed by atoms with Crippen molar-refractivity contribution in [1.29, 1.82) is 5.26 Å². The molecule has 3 heterocycles. The molecule has 2 aromatic rings. The zero-order valence-corrected chi connectivity index (χ0v) is 10.9. The Bertz CT molecular complexity index is 611. The molecule has 1 atom stereocenters. The lowest BCUT2D eigenvalue weighted by molar-refractivity contribution is 0.631. The molecule has 1 aliphatic heterocycles. The van der Waals surface area contributed by atoms with E-state index in [4.69, 9.17) is 5.26 Å². The Morgan fingerprint density at radius 1 is 1.50 bits per heavy atom. The molecule has 18 heavy (non-hydrogen) atoms. The highest BCUT2D eigenvalue weighted by Gasteiger charge is 2.26. The molecular weight excluding hydrogens is 242 g/mol. The normalized spacial score (nSPS) is 18.2. The monoisotopic (exact) mass is 255 g/mol. The van der Waals surface area contributed by atoms with E-state index >= 15 is 0 Å². The van der Waals surface area contributed by atoms with Gasteiger partial charge in [-0.05, 0) is 42.5 Å². The maximum absolute atomic E-state index is 9.15. The summed E-state index contributed by atoms with van der Waals surface area (Å²) in [7, 11) is 0. The fraction of sp³-hybridized carbons (Fsp3) is 0.286. The summed E-state index contributed by atoms with van der Waals surface area (Å²) in [6.07, 6.45) is 2.73. The van der Waals surface area contributed by atoms with Crippen LogP contribution in [0.2, 0.25) is 0 Å². The molecule has 1 unspecified atom stereocenters. The van der Waals surface area contributed by atoms with Crippen molar-refractivity contribution in [2.45, 2.75) is 19.4 Å². The lowest BCUT2D eigenvalue weighted by atomic mass is 10.0. The summed E-state index contributed by atoms with van der Waals surface area (Å²) < 4.78 is 0. The first-order chi connectivity index (χ1) is 8.81. The summed E-state index contributed by atoms with van der Waals surface area (Å²) >= 11 is 1.83. The summed E-state index contributed by atoms with van der Waals surface area (Å²) in [5.41, 5.74) is 2.85. The van der Waals surface area contributed by atoms with Crippen LogP contribution in [0.15, 0.2) is 29.8 Å². The van der Waals surface area contributed by atoms with Crippen molar-refractivity contribution in [1.82, 2.24) is 4.98 Å². The molecule has 0 saturated heterocycles. The predicted molar refractivity (Wildman–Crippen MR) is 72.7 cm³/mol. The van der Waals surface area contributed by atoms with E-state index in [-0.39, 0.29) is 0 Å². The molecule has 0 bridgehead atoms. The van der Waals surface area contributed by atoms with Crippen LogP contribution in [-0.2, 0) is 6.42 Å². The molecule has 3 nitrogen and oxygen atoms in total. The lowest BCUT2D eigenvalue weighted by Gasteiger charge is -2.35. The van der Waals surface area contributed by atoms with Crippen LogP contribution in [0.4, 0.5) is 5.69 Å². The number of rotatable bonds is 1. The fourth-order valence-corrected chi connectivity index (χ4v) is 3.52. The molecule has 4 heteroatoms. The quantitative estimate of drug-likeness (QED) is 0.786. The largest absolute Gasteiger partial charge is 0.362 e. The van der Waals surface area contributed by atoms with Crippen LogP contribution < -0.4 is 4.90 Å². The van der Waals surface area contributed by atoms with Crippen LogP contribution in [0, 0.1) is 11.3 Å². The number of hydrogen-bond donors (Lipinski definition) is 0. The molecule has 0 N–H and O–H groups in total. The van der Waals surface area contributed by atoms with Gasteiger partial charge in [-0.2, -0.15) is 5.26 Å². The van der Waals surface area contributed by atoms with Crippen molar-refractivity contribution in [3.05, 3.63) is 45.9 Å². The smallest absolute Gasteiger partial charge is 0.163 e. The third kappa shape index (κ3) is 1.68. The van der Waals surface area contributed by atoms with Gasteiger partial charge in [0, 0.05) is 17.6 Å². The van der Waals surface area contributed by atoms with Gasteiger partial charge in [-0.3, -0.25) is 0 Å². The first-order valence-electron chi connectivity index (χ1n) is 5.99. The van der Waals surface area contributed by atoms with E-state index < -0.39 is 0 Å². The molecule has 0 saturated carbocycles. The molecule has 2 aromatic heterocycles. The van der Waals surface area contributed by atoms with Crippen molar-refractivity contribution < 1.29 is 0 Å². The van der Waals surface area contributed by atoms with Gasteiger partial charge in [-0.15, -0.1) is 11.3 Å².